The summed E-state index contributed by atoms with van der Waals surface area (Å²) in [5.41, 5.74) is 3.99. The number of fused-ring (bicyclic) bond motifs is 1. The van der Waals surface area contributed by atoms with Crippen LogP contribution in [0.3, 0.4) is 0 Å². The minimum Gasteiger partial charge on any atom is -0.352 e. The molecule has 0 aliphatic carbocycles. The van der Waals surface area contributed by atoms with Gasteiger partial charge < -0.3 is 5.32 Å². The summed E-state index contributed by atoms with van der Waals surface area (Å²) in [7, 11) is 1.90. The second kappa shape index (κ2) is 6.97. The van der Waals surface area contributed by atoms with Gasteiger partial charge in [-0.15, -0.1) is 11.3 Å². The maximum atomic E-state index is 12.0. The first-order chi connectivity index (χ1) is 11.5. The van der Waals surface area contributed by atoms with Crippen molar-refractivity contribution in [2.75, 3.05) is 6.54 Å². The minimum atomic E-state index is -0.0984. The Morgan fingerprint density at radius 2 is 2.12 bits per heavy atom. The molecule has 24 heavy (non-hydrogen) atoms. The second-order valence-corrected chi connectivity index (χ2v) is 6.77. The minimum absolute atomic E-state index is 0.0984. The molecule has 0 fully saturated rings. The van der Waals surface area contributed by atoms with Crippen molar-refractivity contribution < 1.29 is 4.79 Å². The molecule has 124 valence electrons. The number of benzene rings is 1. The number of hydrogen-bond donors (Lipinski definition) is 1. The SMILES string of the molecule is Cc1nn(C)c(C)c1/C=C/C(=O)NCCc1nc2ccccc2s1. The molecule has 3 aromatic rings. The number of amides is 1. The summed E-state index contributed by atoms with van der Waals surface area (Å²) in [6.45, 7) is 4.51. The number of nitrogens with zero attached hydrogens (tertiary/aromatic N) is 3. The standard InChI is InChI=1S/C18H20N4OS/c1-12-14(13(2)22(3)21-12)8-9-17(23)19-11-10-18-20-15-6-4-5-7-16(15)24-18/h4-9H,10-11H2,1-3H3,(H,19,23)/b9-8+. The van der Waals surface area contributed by atoms with Gasteiger partial charge in [0, 0.05) is 37.3 Å². The van der Waals surface area contributed by atoms with Gasteiger partial charge in [-0.1, -0.05) is 12.1 Å². The van der Waals surface area contributed by atoms with Crippen LogP contribution in [0.1, 0.15) is 22.0 Å². The molecule has 1 amide bonds. The summed E-state index contributed by atoms with van der Waals surface area (Å²) in [6.07, 6.45) is 4.13. The molecule has 5 nitrogen and oxygen atoms in total. The average molecular weight is 340 g/mol. The molecule has 0 unspecified atom stereocenters. The topological polar surface area (TPSA) is 59.8 Å². The Balaban J connectivity index is 1.54. The Morgan fingerprint density at radius 1 is 1.33 bits per heavy atom. The van der Waals surface area contributed by atoms with E-state index >= 15 is 0 Å². The Bertz CT molecular complexity index is 874. The number of rotatable bonds is 5. The molecule has 1 aromatic carbocycles. The molecule has 0 spiro atoms. The molecular formula is C18H20N4OS. The maximum Gasteiger partial charge on any atom is 0.244 e. The fraction of sp³-hybridized carbons (Fsp3) is 0.278. The first-order valence-electron chi connectivity index (χ1n) is 7.85. The Hall–Kier alpha value is -2.47. The van der Waals surface area contributed by atoms with Crippen LogP contribution in [0, 0.1) is 13.8 Å². The van der Waals surface area contributed by atoms with Crippen LogP contribution >= 0.6 is 11.3 Å². The smallest absolute Gasteiger partial charge is 0.244 e. The highest BCUT2D eigenvalue weighted by Gasteiger charge is 2.07. The zero-order valence-corrected chi connectivity index (χ0v) is 14.9. The van der Waals surface area contributed by atoms with Crippen LogP contribution in [-0.4, -0.2) is 27.2 Å². The summed E-state index contributed by atoms with van der Waals surface area (Å²) in [5, 5.41) is 8.28. The number of carbonyl (C=O) groups is 1. The molecule has 0 aliphatic heterocycles. The van der Waals surface area contributed by atoms with E-state index in [0.717, 1.165) is 33.9 Å². The molecule has 0 saturated heterocycles. The van der Waals surface area contributed by atoms with Crippen molar-refractivity contribution in [3.63, 3.8) is 0 Å². The molecule has 0 saturated carbocycles. The third-order valence-electron chi connectivity index (χ3n) is 3.94. The van der Waals surface area contributed by atoms with Gasteiger partial charge in [0.05, 0.1) is 20.9 Å². The molecule has 0 aliphatic rings. The molecule has 2 aromatic heterocycles. The summed E-state index contributed by atoms with van der Waals surface area (Å²) >= 11 is 1.67. The van der Waals surface area contributed by atoms with E-state index in [1.165, 1.54) is 4.70 Å². The molecule has 3 rings (SSSR count). The van der Waals surface area contributed by atoms with Crippen molar-refractivity contribution in [1.82, 2.24) is 20.1 Å². The van der Waals surface area contributed by atoms with Crippen LogP contribution in [0.2, 0.25) is 0 Å². The quantitative estimate of drug-likeness (QED) is 0.726. The largest absolute Gasteiger partial charge is 0.352 e. The summed E-state index contributed by atoms with van der Waals surface area (Å²) < 4.78 is 3.00. The van der Waals surface area contributed by atoms with E-state index in [2.05, 4.69) is 21.5 Å². The van der Waals surface area contributed by atoms with E-state index in [9.17, 15) is 4.79 Å². The monoisotopic (exact) mass is 340 g/mol. The van der Waals surface area contributed by atoms with Gasteiger partial charge in [-0.25, -0.2) is 4.98 Å². The van der Waals surface area contributed by atoms with Crippen LogP contribution in [0.15, 0.2) is 30.3 Å². The molecular weight excluding hydrogens is 320 g/mol. The molecule has 0 bridgehead atoms. The molecule has 6 heteroatoms. The third kappa shape index (κ3) is 3.54. The predicted molar refractivity (Wildman–Crippen MR) is 98.0 cm³/mol. The lowest BCUT2D eigenvalue weighted by Crippen LogP contribution is -2.23. The zero-order chi connectivity index (χ0) is 17.1. The number of para-hydroxylation sites is 1. The van der Waals surface area contributed by atoms with Crippen molar-refractivity contribution in [2.45, 2.75) is 20.3 Å². The van der Waals surface area contributed by atoms with Crippen LogP contribution in [0.5, 0.6) is 0 Å². The number of nitrogens with one attached hydrogen (secondary N) is 1. The van der Waals surface area contributed by atoms with E-state index in [1.54, 1.807) is 17.4 Å². The highest BCUT2D eigenvalue weighted by Crippen LogP contribution is 2.21. The van der Waals surface area contributed by atoms with Gasteiger partial charge in [0.2, 0.25) is 5.91 Å². The number of aromatic nitrogens is 3. The number of carbonyl (C=O) groups excluding carboxylic acids is 1. The van der Waals surface area contributed by atoms with Gasteiger partial charge in [0.15, 0.2) is 0 Å². The van der Waals surface area contributed by atoms with Crippen LogP contribution in [0.25, 0.3) is 16.3 Å². The van der Waals surface area contributed by atoms with Crippen molar-refractivity contribution in [2.24, 2.45) is 7.05 Å². The van der Waals surface area contributed by atoms with Crippen LogP contribution < -0.4 is 5.32 Å². The first kappa shape index (κ1) is 16.4. The summed E-state index contributed by atoms with van der Waals surface area (Å²) in [4.78, 5) is 16.5. The van der Waals surface area contributed by atoms with E-state index in [0.29, 0.717) is 6.54 Å². The van der Waals surface area contributed by atoms with Crippen molar-refractivity contribution in [1.29, 1.82) is 0 Å². The van der Waals surface area contributed by atoms with Crippen molar-refractivity contribution in [3.05, 3.63) is 52.3 Å². The van der Waals surface area contributed by atoms with Gasteiger partial charge in [-0.05, 0) is 32.1 Å². The Kier molecular flexibility index (Phi) is 4.76. The summed E-state index contributed by atoms with van der Waals surface area (Å²) in [6, 6.07) is 8.08. The van der Waals surface area contributed by atoms with E-state index in [-0.39, 0.29) is 5.91 Å². The predicted octanol–water partition coefficient (Wildman–Crippen LogP) is 3.02. The van der Waals surface area contributed by atoms with Gasteiger partial charge in [-0.3, -0.25) is 9.48 Å². The summed E-state index contributed by atoms with van der Waals surface area (Å²) in [5.74, 6) is -0.0984. The highest BCUT2D eigenvalue weighted by molar-refractivity contribution is 7.18. The normalized spacial score (nSPS) is 11.5. The molecule has 0 radical (unpaired) electrons. The highest BCUT2D eigenvalue weighted by atomic mass is 32.1. The number of thiazole rings is 1. The van der Waals surface area contributed by atoms with Gasteiger partial charge >= 0.3 is 0 Å². The lowest BCUT2D eigenvalue weighted by Gasteiger charge is -2.00. The number of aryl methyl sites for hydroxylation is 2. The van der Waals surface area contributed by atoms with E-state index in [4.69, 9.17) is 0 Å². The fourth-order valence-corrected chi connectivity index (χ4v) is 3.54. The van der Waals surface area contributed by atoms with E-state index in [1.807, 2.05) is 49.9 Å². The van der Waals surface area contributed by atoms with Crippen LogP contribution in [0.4, 0.5) is 0 Å². The van der Waals surface area contributed by atoms with Crippen molar-refractivity contribution >= 4 is 33.5 Å². The number of hydrogen-bond acceptors (Lipinski definition) is 4. The Labute approximate surface area is 145 Å². The first-order valence-corrected chi connectivity index (χ1v) is 8.67. The van der Waals surface area contributed by atoms with Crippen LogP contribution in [-0.2, 0) is 18.3 Å². The van der Waals surface area contributed by atoms with E-state index < -0.39 is 0 Å². The van der Waals surface area contributed by atoms with Gasteiger partial charge in [0.25, 0.3) is 0 Å². The lowest BCUT2D eigenvalue weighted by molar-refractivity contribution is -0.116. The Morgan fingerprint density at radius 3 is 2.83 bits per heavy atom. The van der Waals surface area contributed by atoms with Gasteiger partial charge in [-0.2, -0.15) is 5.10 Å². The maximum absolute atomic E-state index is 12.0. The second-order valence-electron chi connectivity index (χ2n) is 5.66. The van der Waals surface area contributed by atoms with Gasteiger partial charge in [0.1, 0.15) is 0 Å². The molecule has 1 N–H and O–H groups in total. The zero-order valence-electron chi connectivity index (χ0n) is 14.0. The molecule has 0 atom stereocenters. The fourth-order valence-electron chi connectivity index (χ4n) is 2.57. The average Bonchev–Trinajstić information content (AvgIpc) is 3.07. The van der Waals surface area contributed by atoms with Crippen molar-refractivity contribution in [3.8, 4) is 0 Å². The third-order valence-corrected chi connectivity index (χ3v) is 5.04. The lowest BCUT2D eigenvalue weighted by atomic mass is 10.2. The molecule has 2 heterocycles.